The summed E-state index contributed by atoms with van der Waals surface area (Å²) in [5.74, 6) is 5.73. The van der Waals surface area contributed by atoms with Gasteiger partial charge in [0.05, 0.1) is 28.6 Å². The molecule has 2 N–H and O–H groups in total. The lowest BCUT2D eigenvalue weighted by atomic mass is 9.83. The summed E-state index contributed by atoms with van der Waals surface area (Å²) >= 11 is 6.00. The molecule has 0 spiro atoms. The number of nitrogens with one attached hydrogen (secondary N) is 1. The van der Waals surface area contributed by atoms with E-state index in [1.165, 1.54) is 18.6 Å². The van der Waals surface area contributed by atoms with Gasteiger partial charge in [0, 0.05) is 18.4 Å². The van der Waals surface area contributed by atoms with Crippen LogP contribution in [-0.2, 0) is 6.54 Å². The van der Waals surface area contributed by atoms with Gasteiger partial charge in [0.2, 0.25) is 0 Å². The number of nitrogens with zero attached hydrogens (tertiary/aromatic N) is 3. The third-order valence-corrected chi connectivity index (χ3v) is 4.82. The summed E-state index contributed by atoms with van der Waals surface area (Å²) in [6.07, 6.45) is 2.74. The quantitative estimate of drug-likeness (QED) is 0.591. The largest absolute Gasteiger partial charge is 0.408 e. The predicted octanol–water partition coefficient (Wildman–Crippen LogP) is 4.00. The molecule has 0 amide bonds. The molecule has 5 nitrogen and oxygen atoms in total. The van der Waals surface area contributed by atoms with E-state index < -0.39 is 18.3 Å². The minimum atomic E-state index is -4.33. The van der Waals surface area contributed by atoms with E-state index >= 15 is 0 Å². The van der Waals surface area contributed by atoms with E-state index in [0.717, 1.165) is 17.5 Å². The molecule has 0 saturated heterocycles. The monoisotopic (exact) mass is 412 g/mol. The van der Waals surface area contributed by atoms with Crippen LogP contribution in [0, 0.1) is 11.8 Å². The average Bonchev–Trinajstić information content (AvgIpc) is 3.01. The molecule has 0 aromatic carbocycles. The van der Waals surface area contributed by atoms with Crippen LogP contribution in [0.2, 0.25) is 5.15 Å². The minimum absolute atomic E-state index is 0.175. The van der Waals surface area contributed by atoms with Gasteiger partial charge in [-0.3, -0.25) is 4.68 Å². The van der Waals surface area contributed by atoms with Crippen LogP contribution in [0.4, 0.5) is 18.9 Å². The van der Waals surface area contributed by atoms with Gasteiger partial charge in [-0.15, -0.1) is 0 Å². The number of rotatable bonds is 3. The SMILES string of the molecule is CC1(O)CCC(Nc2cc(Cl)ncc2C#Cc2cnn(CC(F)(F)F)c2)CC1. The van der Waals surface area contributed by atoms with E-state index in [0.29, 0.717) is 34.8 Å². The Morgan fingerprint density at radius 1 is 1.32 bits per heavy atom. The lowest BCUT2D eigenvalue weighted by Crippen LogP contribution is -2.35. The van der Waals surface area contributed by atoms with E-state index in [1.54, 1.807) is 6.07 Å². The molecule has 2 heterocycles. The van der Waals surface area contributed by atoms with E-state index in [2.05, 4.69) is 27.2 Å². The highest BCUT2D eigenvalue weighted by Gasteiger charge is 2.29. The molecule has 0 radical (unpaired) electrons. The maximum Gasteiger partial charge on any atom is 0.408 e. The first-order valence-electron chi connectivity index (χ1n) is 8.85. The molecule has 3 rings (SSSR count). The fourth-order valence-electron chi connectivity index (χ4n) is 3.09. The molecular weight excluding hydrogens is 393 g/mol. The van der Waals surface area contributed by atoms with E-state index in [1.807, 2.05) is 6.92 Å². The Balaban J connectivity index is 1.74. The third kappa shape index (κ3) is 5.88. The Kier molecular flexibility index (Phi) is 5.87. The molecule has 0 atom stereocenters. The van der Waals surface area contributed by atoms with Gasteiger partial charge in [-0.05, 0) is 38.7 Å². The van der Waals surface area contributed by atoms with Crippen LogP contribution in [0.15, 0.2) is 24.7 Å². The number of aliphatic hydroxyl groups is 1. The lowest BCUT2D eigenvalue weighted by Gasteiger charge is -2.34. The Morgan fingerprint density at radius 3 is 2.71 bits per heavy atom. The van der Waals surface area contributed by atoms with Gasteiger partial charge in [-0.25, -0.2) is 4.98 Å². The number of alkyl halides is 3. The van der Waals surface area contributed by atoms with Crippen molar-refractivity contribution in [2.75, 3.05) is 5.32 Å². The van der Waals surface area contributed by atoms with Crippen molar-refractivity contribution in [3.8, 4) is 11.8 Å². The van der Waals surface area contributed by atoms with Crippen LogP contribution in [0.5, 0.6) is 0 Å². The molecular formula is C19H20ClF3N4O. The number of hydrogen-bond acceptors (Lipinski definition) is 4. The molecule has 1 aliphatic carbocycles. The van der Waals surface area contributed by atoms with Crippen LogP contribution in [-0.4, -0.2) is 37.7 Å². The zero-order valence-electron chi connectivity index (χ0n) is 15.2. The van der Waals surface area contributed by atoms with Crippen molar-refractivity contribution >= 4 is 17.3 Å². The number of anilines is 1. The van der Waals surface area contributed by atoms with Crippen molar-refractivity contribution in [1.29, 1.82) is 0 Å². The van der Waals surface area contributed by atoms with Gasteiger partial charge in [0.15, 0.2) is 0 Å². The zero-order valence-corrected chi connectivity index (χ0v) is 16.0. The van der Waals surface area contributed by atoms with Gasteiger partial charge in [-0.2, -0.15) is 18.3 Å². The van der Waals surface area contributed by atoms with E-state index in [-0.39, 0.29) is 6.04 Å². The van der Waals surface area contributed by atoms with Gasteiger partial charge < -0.3 is 10.4 Å². The second-order valence-electron chi connectivity index (χ2n) is 7.26. The highest BCUT2D eigenvalue weighted by atomic mass is 35.5. The minimum Gasteiger partial charge on any atom is -0.390 e. The maximum atomic E-state index is 12.4. The van der Waals surface area contributed by atoms with Crippen LogP contribution in [0.1, 0.15) is 43.7 Å². The Labute approximate surface area is 165 Å². The Hall–Kier alpha value is -2.24. The summed E-state index contributed by atoms with van der Waals surface area (Å²) in [5, 5.41) is 17.5. The van der Waals surface area contributed by atoms with Crippen molar-refractivity contribution in [1.82, 2.24) is 14.8 Å². The summed E-state index contributed by atoms with van der Waals surface area (Å²) in [6, 6.07) is 1.85. The smallest absolute Gasteiger partial charge is 0.390 e. The number of aromatic nitrogens is 3. The van der Waals surface area contributed by atoms with Crippen molar-refractivity contribution in [2.24, 2.45) is 0 Å². The normalized spacial score (nSPS) is 22.4. The van der Waals surface area contributed by atoms with Gasteiger partial charge in [0.25, 0.3) is 0 Å². The zero-order chi connectivity index (χ0) is 20.4. The molecule has 1 saturated carbocycles. The lowest BCUT2D eigenvalue weighted by molar-refractivity contribution is -0.142. The maximum absolute atomic E-state index is 12.4. The first kappa shape index (κ1) is 20.5. The summed E-state index contributed by atoms with van der Waals surface area (Å²) in [5.41, 5.74) is 1.04. The first-order valence-corrected chi connectivity index (χ1v) is 9.23. The molecule has 28 heavy (non-hydrogen) atoms. The van der Waals surface area contributed by atoms with Gasteiger partial charge in [0.1, 0.15) is 11.7 Å². The van der Waals surface area contributed by atoms with Gasteiger partial charge in [-0.1, -0.05) is 23.4 Å². The number of halogens is 4. The summed E-state index contributed by atoms with van der Waals surface area (Å²) < 4.78 is 38.1. The highest BCUT2D eigenvalue weighted by Crippen LogP contribution is 2.30. The number of hydrogen-bond donors (Lipinski definition) is 2. The second kappa shape index (κ2) is 8.02. The van der Waals surface area contributed by atoms with E-state index in [4.69, 9.17) is 11.6 Å². The summed E-state index contributed by atoms with van der Waals surface area (Å²) in [7, 11) is 0. The van der Waals surface area contributed by atoms with Crippen LogP contribution in [0.25, 0.3) is 0 Å². The molecule has 1 aliphatic rings. The fourth-order valence-corrected chi connectivity index (χ4v) is 3.25. The van der Waals surface area contributed by atoms with Crippen molar-refractivity contribution < 1.29 is 18.3 Å². The van der Waals surface area contributed by atoms with Crippen LogP contribution < -0.4 is 5.32 Å². The topological polar surface area (TPSA) is 63.0 Å². The fraction of sp³-hybridized carbons (Fsp3) is 0.474. The molecule has 1 fully saturated rings. The number of pyridine rings is 1. The molecule has 2 aromatic rings. The summed E-state index contributed by atoms with van der Waals surface area (Å²) in [4.78, 5) is 4.04. The molecule has 0 bridgehead atoms. The predicted molar refractivity (Wildman–Crippen MR) is 100 cm³/mol. The average molecular weight is 413 g/mol. The Bertz CT molecular complexity index is 889. The highest BCUT2D eigenvalue weighted by molar-refractivity contribution is 6.29. The first-order chi connectivity index (χ1) is 13.1. The standard InChI is InChI=1S/C19H20ClF3N4O/c1-18(28)6-4-15(5-7-18)26-16-8-17(20)24-10-14(16)3-2-13-9-25-27(11-13)12-19(21,22)23/h8-11,15,28H,4-7,12H2,1H3,(H,24,26). The van der Waals surface area contributed by atoms with Crippen LogP contribution in [0.3, 0.4) is 0 Å². The van der Waals surface area contributed by atoms with Crippen molar-refractivity contribution in [3.05, 3.63) is 40.9 Å². The Morgan fingerprint density at radius 2 is 2.04 bits per heavy atom. The summed E-state index contributed by atoms with van der Waals surface area (Å²) in [6.45, 7) is 0.678. The molecule has 2 aromatic heterocycles. The van der Waals surface area contributed by atoms with Crippen LogP contribution >= 0.6 is 11.6 Å². The molecule has 0 aliphatic heterocycles. The van der Waals surface area contributed by atoms with Gasteiger partial charge >= 0.3 is 6.18 Å². The van der Waals surface area contributed by atoms with E-state index in [9.17, 15) is 18.3 Å². The second-order valence-corrected chi connectivity index (χ2v) is 7.65. The van der Waals surface area contributed by atoms with Crippen molar-refractivity contribution in [2.45, 2.75) is 57.0 Å². The van der Waals surface area contributed by atoms with Crippen molar-refractivity contribution in [3.63, 3.8) is 0 Å². The molecule has 0 unspecified atom stereocenters. The molecule has 150 valence electrons. The molecule has 9 heteroatoms. The third-order valence-electron chi connectivity index (χ3n) is 4.61.